The summed E-state index contributed by atoms with van der Waals surface area (Å²) in [5, 5.41) is 2.73. The van der Waals surface area contributed by atoms with Gasteiger partial charge in [0.25, 0.3) is 5.91 Å². The average Bonchev–Trinajstić information content (AvgIpc) is 2.72. The molecular weight excluding hydrogens is 423 g/mol. The lowest BCUT2D eigenvalue weighted by Gasteiger charge is -2.24. The highest BCUT2D eigenvalue weighted by Crippen LogP contribution is 2.15. The maximum absolute atomic E-state index is 14.0. The Morgan fingerprint density at radius 3 is 2.29 bits per heavy atom. The molecule has 0 fully saturated rings. The highest BCUT2D eigenvalue weighted by atomic mass is 32.2. The number of carbonyl (C=O) groups is 2. The number of rotatable bonds is 10. The number of amides is 1. The van der Waals surface area contributed by atoms with Crippen LogP contribution in [0.2, 0.25) is 0 Å². The molecule has 0 spiro atoms. The van der Waals surface area contributed by atoms with Crippen molar-refractivity contribution in [3.63, 3.8) is 0 Å². The molecule has 168 valence electrons. The molecule has 1 amide bonds. The molecule has 2 N–H and O–H groups in total. The van der Waals surface area contributed by atoms with Crippen molar-refractivity contribution < 1.29 is 27.1 Å². The topological polar surface area (TPSA) is 102 Å². The van der Waals surface area contributed by atoms with Crippen LogP contribution < -0.4 is 10.0 Å². The van der Waals surface area contributed by atoms with Crippen molar-refractivity contribution in [2.45, 2.75) is 50.1 Å². The van der Waals surface area contributed by atoms with Gasteiger partial charge in [0.2, 0.25) is 10.0 Å². The lowest BCUT2D eigenvalue weighted by Crippen LogP contribution is -2.47. The third kappa shape index (κ3) is 7.45. The third-order valence-corrected chi connectivity index (χ3v) is 6.20. The number of ether oxygens (including phenoxy) is 1. The zero-order chi connectivity index (χ0) is 23.1. The van der Waals surface area contributed by atoms with E-state index in [0.29, 0.717) is 12.0 Å². The van der Waals surface area contributed by atoms with Crippen LogP contribution in [-0.4, -0.2) is 38.5 Å². The number of nitrogens with one attached hydrogen (secondary N) is 2. The van der Waals surface area contributed by atoms with E-state index in [1.165, 1.54) is 12.1 Å². The Kier molecular flexibility index (Phi) is 8.29. The van der Waals surface area contributed by atoms with Crippen molar-refractivity contribution in [2.24, 2.45) is 0 Å². The zero-order valence-electron chi connectivity index (χ0n) is 17.7. The minimum absolute atomic E-state index is 0.0323. The quantitative estimate of drug-likeness (QED) is 0.542. The van der Waals surface area contributed by atoms with E-state index in [4.69, 9.17) is 4.74 Å². The highest BCUT2D eigenvalue weighted by Gasteiger charge is 2.29. The molecule has 2 rings (SSSR count). The maximum atomic E-state index is 14.0. The Labute approximate surface area is 182 Å². The van der Waals surface area contributed by atoms with Crippen LogP contribution in [0.3, 0.4) is 0 Å². The second kappa shape index (κ2) is 10.5. The average molecular weight is 451 g/mol. The number of sulfonamides is 1. The van der Waals surface area contributed by atoms with Crippen molar-refractivity contribution in [3.8, 4) is 0 Å². The van der Waals surface area contributed by atoms with Gasteiger partial charge in [-0.15, -0.1) is 0 Å². The summed E-state index contributed by atoms with van der Waals surface area (Å²) in [4.78, 5) is 24.2. The van der Waals surface area contributed by atoms with Crippen LogP contribution >= 0.6 is 0 Å². The van der Waals surface area contributed by atoms with Crippen LogP contribution in [0, 0.1) is 5.82 Å². The predicted molar refractivity (Wildman–Crippen MR) is 114 cm³/mol. The van der Waals surface area contributed by atoms with Gasteiger partial charge in [0.15, 0.2) is 6.61 Å². The summed E-state index contributed by atoms with van der Waals surface area (Å²) in [6.07, 6.45) is 0.640. The van der Waals surface area contributed by atoms with Gasteiger partial charge in [-0.25, -0.2) is 12.8 Å². The molecule has 0 aliphatic rings. The van der Waals surface area contributed by atoms with Gasteiger partial charge in [0, 0.05) is 5.54 Å². The van der Waals surface area contributed by atoms with Crippen molar-refractivity contribution in [3.05, 3.63) is 66.0 Å². The normalized spacial score (nSPS) is 12.8. The van der Waals surface area contributed by atoms with Crippen LogP contribution in [0.1, 0.15) is 32.8 Å². The van der Waals surface area contributed by atoms with Gasteiger partial charge in [0.1, 0.15) is 16.8 Å². The van der Waals surface area contributed by atoms with Gasteiger partial charge in [-0.2, -0.15) is 4.72 Å². The first-order valence-corrected chi connectivity index (χ1v) is 11.3. The Balaban J connectivity index is 2.17. The largest absolute Gasteiger partial charge is 0.454 e. The van der Waals surface area contributed by atoms with Crippen molar-refractivity contribution in [1.82, 2.24) is 10.0 Å². The molecule has 2 aromatic carbocycles. The van der Waals surface area contributed by atoms with Gasteiger partial charge in [0.05, 0.1) is 0 Å². The fourth-order valence-electron chi connectivity index (χ4n) is 2.68. The summed E-state index contributed by atoms with van der Waals surface area (Å²) in [5.74, 6) is -2.38. The summed E-state index contributed by atoms with van der Waals surface area (Å²) in [7, 11) is -4.35. The molecule has 2 aromatic rings. The van der Waals surface area contributed by atoms with Gasteiger partial charge in [-0.3, -0.25) is 9.59 Å². The second-order valence-corrected chi connectivity index (χ2v) is 9.37. The van der Waals surface area contributed by atoms with Gasteiger partial charge in [-0.05, 0) is 44.4 Å². The van der Waals surface area contributed by atoms with E-state index in [1.54, 1.807) is 30.3 Å². The van der Waals surface area contributed by atoms with Crippen LogP contribution in [0.25, 0.3) is 0 Å². The molecule has 0 saturated heterocycles. The van der Waals surface area contributed by atoms with E-state index < -0.39 is 50.8 Å². The Morgan fingerprint density at radius 2 is 1.68 bits per heavy atom. The summed E-state index contributed by atoms with van der Waals surface area (Å²) in [6, 6.07) is 12.2. The molecule has 31 heavy (non-hydrogen) atoms. The number of halogens is 1. The van der Waals surface area contributed by atoms with Crippen molar-refractivity contribution >= 4 is 21.9 Å². The minimum atomic E-state index is -4.35. The van der Waals surface area contributed by atoms with Gasteiger partial charge in [-0.1, -0.05) is 49.4 Å². The smallest absolute Gasteiger partial charge is 0.325 e. The van der Waals surface area contributed by atoms with E-state index in [2.05, 4.69) is 10.0 Å². The summed E-state index contributed by atoms with van der Waals surface area (Å²) in [5.41, 5.74) is 0.191. The lowest BCUT2D eigenvalue weighted by atomic mass is 10.0. The lowest BCUT2D eigenvalue weighted by molar-refractivity contribution is -0.150. The molecule has 1 atom stereocenters. The number of hydrogen-bond donors (Lipinski definition) is 2. The molecule has 7 nitrogen and oxygen atoms in total. The molecule has 0 aliphatic carbocycles. The maximum Gasteiger partial charge on any atom is 0.325 e. The molecule has 0 aromatic heterocycles. The van der Waals surface area contributed by atoms with E-state index in [0.717, 1.165) is 12.1 Å². The Hall–Kier alpha value is -2.78. The van der Waals surface area contributed by atoms with Gasteiger partial charge >= 0.3 is 5.97 Å². The molecular formula is C22H27FN2O5S. The monoisotopic (exact) mass is 450 g/mol. The van der Waals surface area contributed by atoms with Gasteiger partial charge < -0.3 is 10.1 Å². The number of esters is 1. The van der Waals surface area contributed by atoms with Crippen LogP contribution in [0.15, 0.2) is 59.5 Å². The number of benzene rings is 2. The molecule has 0 saturated carbocycles. The molecule has 9 heteroatoms. The summed E-state index contributed by atoms with van der Waals surface area (Å²) >= 11 is 0. The fraction of sp³-hybridized carbons (Fsp3) is 0.364. The standard InChI is InChI=1S/C22H27FN2O5S/c1-4-22(2,3)24-20(26)15-30-21(27)18(14-16-10-6-5-7-11-16)25-31(28,29)19-13-9-8-12-17(19)23/h5-13,18,25H,4,14-15H2,1-3H3,(H,24,26)/t18-/m0/s1. The Bertz CT molecular complexity index is 1010. The first-order chi connectivity index (χ1) is 14.5. The SMILES string of the molecule is CCC(C)(C)NC(=O)COC(=O)[C@H](Cc1ccccc1)NS(=O)(=O)c1ccccc1F. The fourth-order valence-corrected chi connectivity index (χ4v) is 3.94. The Morgan fingerprint density at radius 1 is 1.06 bits per heavy atom. The van der Waals surface area contributed by atoms with Crippen molar-refractivity contribution in [1.29, 1.82) is 0 Å². The van der Waals surface area contributed by atoms with E-state index in [1.807, 2.05) is 20.8 Å². The number of carbonyl (C=O) groups excluding carboxylic acids is 2. The molecule has 0 heterocycles. The van der Waals surface area contributed by atoms with E-state index in [9.17, 15) is 22.4 Å². The third-order valence-electron chi connectivity index (χ3n) is 4.70. The summed E-state index contributed by atoms with van der Waals surface area (Å²) < 4.78 is 46.7. The van der Waals surface area contributed by atoms with Crippen LogP contribution in [0.4, 0.5) is 4.39 Å². The first-order valence-electron chi connectivity index (χ1n) is 9.82. The van der Waals surface area contributed by atoms with E-state index >= 15 is 0 Å². The first kappa shape index (κ1) is 24.5. The molecule has 0 bridgehead atoms. The predicted octanol–water partition coefficient (Wildman–Crippen LogP) is 2.56. The number of hydrogen-bond acceptors (Lipinski definition) is 5. The van der Waals surface area contributed by atoms with Crippen LogP contribution in [0.5, 0.6) is 0 Å². The highest BCUT2D eigenvalue weighted by molar-refractivity contribution is 7.89. The molecule has 0 radical (unpaired) electrons. The van der Waals surface area contributed by atoms with Crippen LogP contribution in [-0.2, 0) is 30.8 Å². The molecule has 0 unspecified atom stereocenters. The summed E-state index contributed by atoms with van der Waals surface area (Å²) in [6.45, 7) is 5.00. The van der Waals surface area contributed by atoms with Crippen molar-refractivity contribution in [2.75, 3.05) is 6.61 Å². The zero-order valence-corrected chi connectivity index (χ0v) is 18.5. The second-order valence-electron chi connectivity index (χ2n) is 7.69. The minimum Gasteiger partial charge on any atom is -0.454 e. The molecule has 0 aliphatic heterocycles. The van der Waals surface area contributed by atoms with E-state index in [-0.39, 0.29) is 6.42 Å².